The number of hydrogen-bond donors (Lipinski definition) is 1. The predicted octanol–water partition coefficient (Wildman–Crippen LogP) is 2.41. The Labute approximate surface area is 130 Å². The Bertz CT molecular complexity index is 554. The van der Waals surface area contributed by atoms with Crippen molar-refractivity contribution < 1.29 is 14.3 Å². The average Bonchev–Trinajstić information content (AvgIpc) is 3.35. The molecule has 0 aromatic heterocycles. The molecule has 0 radical (unpaired) electrons. The number of amides is 2. The summed E-state index contributed by atoms with van der Waals surface area (Å²) >= 11 is 0. The van der Waals surface area contributed by atoms with Gasteiger partial charge in [0.05, 0.1) is 12.6 Å². The van der Waals surface area contributed by atoms with E-state index in [9.17, 15) is 9.59 Å². The van der Waals surface area contributed by atoms with Crippen LogP contribution in [0.3, 0.4) is 0 Å². The molecule has 22 heavy (non-hydrogen) atoms. The lowest BCUT2D eigenvalue weighted by Crippen LogP contribution is -2.53. The molecule has 5 heteroatoms. The maximum Gasteiger partial charge on any atom is 0.410 e. The number of rotatable bonds is 3. The van der Waals surface area contributed by atoms with E-state index >= 15 is 0 Å². The van der Waals surface area contributed by atoms with Crippen LogP contribution in [0.1, 0.15) is 37.7 Å². The Kier molecular flexibility index (Phi) is 4.05. The van der Waals surface area contributed by atoms with Crippen LogP contribution in [-0.4, -0.2) is 36.6 Å². The van der Waals surface area contributed by atoms with Crippen LogP contribution in [-0.2, 0) is 15.1 Å². The van der Waals surface area contributed by atoms with Gasteiger partial charge in [-0.3, -0.25) is 9.69 Å². The Morgan fingerprint density at radius 3 is 2.59 bits per heavy atom. The lowest BCUT2D eigenvalue weighted by atomic mass is 10.00. The minimum atomic E-state index is -0.414. The Hall–Kier alpha value is -2.04. The van der Waals surface area contributed by atoms with Gasteiger partial charge in [0.15, 0.2) is 0 Å². The number of benzene rings is 1. The smallest absolute Gasteiger partial charge is 0.410 e. The fourth-order valence-corrected chi connectivity index (χ4v) is 3.23. The first-order chi connectivity index (χ1) is 10.7. The molecular formula is C17H22N2O3. The summed E-state index contributed by atoms with van der Waals surface area (Å²) in [6.45, 7) is 0.586. The molecule has 1 aromatic carbocycles. The molecule has 1 atom stereocenters. The zero-order valence-corrected chi connectivity index (χ0v) is 12.9. The molecule has 0 spiro atoms. The van der Waals surface area contributed by atoms with E-state index in [0.717, 1.165) is 31.2 Å². The first-order valence-electron chi connectivity index (χ1n) is 7.88. The van der Waals surface area contributed by atoms with Crippen molar-refractivity contribution in [3.8, 4) is 0 Å². The Morgan fingerprint density at radius 1 is 1.23 bits per heavy atom. The molecule has 1 heterocycles. The fraction of sp³-hybridized carbons (Fsp3) is 0.529. The van der Waals surface area contributed by atoms with Crippen LogP contribution in [0.25, 0.3) is 0 Å². The van der Waals surface area contributed by atoms with E-state index in [1.54, 1.807) is 4.90 Å². The monoisotopic (exact) mass is 302 g/mol. The second kappa shape index (κ2) is 5.99. The molecule has 2 fully saturated rings. The highest BCUT2D eigenvalue weighted by Gasteiger charge is 2.47. The van der Waals surface area contributed by atoms with Gasteiger partial charge in [0.1, 0.15) is 6.04 Å². The third-order valence-corrected chi connectivity index (χ3v) is 4.65. The van der Waals surface area contributed by atoms with Crippen molar-refractivity contribution >= 4 is 12.0 Å². The molecule has 1 aliphatic carbocycles. The van der Waals surface area contributed by atoms with Gasteiger partial charge in [-0.25, -0.2) is 4.79 Å². The number of nitrogens with zero attached hydrogens (tertiary/aromatic N) is 1. The van der Waals surface area contributed by atoms with Gasteiger partial charge in [-0.2, -0.15) is 0 Å². The van der Waals surface area contributed by atoms with E-state index < -0.39 is 12.1 Å². The molecule has 3 rings (SSSR count). The lowest BCUT2D eigenvalue weighted by molar-refractivity contribution is -0.128. The first-order valence-corrected chi connectivity index (χ1v) is 7.88. The number of likely N-dealkylation sites (tertiary alicyclic amines) is 1. The molecule has 2 amide bonds. The third kappa shape index (κ3) is 2.80. The van der Waals surface area contributed by atoms with E-state index in [0.29, 0.717) is 13.0 Å². The first kappa shape index (κ1) is 14.9. The third-order valence-electron chi connectivity index (χ3n) is 4.65. The van der Waals surface area contributed by atoms with Crippen LogP contribution in [0.4, 0.5) is 4.79 Å². The van der Waals surface area contributed by atoms with Crippen LogP contribution in [0, 0.1) is 0 Å². The number of nitrogens with one attached hydrogen (secondary N) is 1. The molecule has 1 saturated heterocycles. The number of methoxy groups -OCH3 is 1. The van der Waals surface area contributed by atoms with Crippen LogP contribution in [0.2, 0.25) is 0 Å². The maximum atomic E-state index is 12.7. The highest BCUT2D eigenvalue weighted by molar-refractivity contribution is 5.86. The van der Waals surface area contributed by atoms with Crippen LogP contribution in [0.15, 0.2) is 30.3 Å². The Balaban J connectivity index is 1.72. The second-order valence-electron chi connectivity index (χ2n) is 6.11. The van der Waals surface area contributed by atoms with Crippen molar-refractivity contribution in [3.63, 3.8) is 0 Å². The largest absolute Gasteiger partial charge is 0.453 e. The molecular weight excluding hydrogens is 280 g/mol. The molecule has 0 unspecified atom stereocenters. The molecule has 0 bridgehead atoms. The van der Waals surface area contributed by atoms with Crippen molar-refractivity contribution in [2.75, 3.05) is 13.7 Å². The van der Waals surface area contributed by atoms with Crippen molar-refractivity contribution in [3.05, 3.63) is 35.9 Å². The van der Waals surface area contributed by atoms with Crippen molar-refractivity contribution in [1.29, 1.82) is 0 Å². The highest BCUT2D eigenvalue weighted by atomic mass is 16.5. The van der Waals surface area contributed by atoms with Gasteiger partial charge in [-0.05, 0) is 37.7 Å². The molecule has 118 valence electrons. The van der Waals surface area contributed by atoms with E-state index in [4.69, 9.17) is 4.74 Å². The van der Waals surface area contributed by atoms with Crippen molar-refractivity contribution in [2.45, 2.75) is 43.7 Å². The van der Waals surface area contributed by atoms with E-state index in [2.05, 4.69) is 5.32 Å². The SMILES string of the molecule is COC(=O)N1CCCC[C@H]1C(=O)NC1(c2ccccc2)CC1. The van der Waals surface area contributed by atoms with E-state index in [-0.39, 0.29) is 11.4 Å². The summed E-state index contributed by atoms with van der Waals surface area (Å²) < 4.78 is 4.81. The number of carbonyl (C=O) groups is 2. The summed E-state index contributed by atoms with van der Waals surface area (Å²) in [5.41, 5.74) is 0.904. The quantitative estimate of drug-likeness (QED) is 0.933. The zero-order chi connectivity index (χ0) is 15.6. The van der Waals surface area contributed by atoms with Crippen LogP contribution < -0.4 is 5.32 Å². The Morgan fingerprint density at radius 2 is 1.95 bits per heavy atom. The summed E-state index contributed by atoms with van der Waals surface area (Å²) in [7, 11) is 1.36. The summed E-state index contributed by atoms with van der Waals surface area (Å²) in [5.74, 6) is -0.0635. The topological polar surface area (TPSA) is 58.6 Å². The normalized spacial score (nSPS) is 22.8. The molecule has 1 saturated carbocycles. The fourth-order valence-electron chi connectivity index (χ4n) is 3.23. The number of carbonyl (C=O) groups excluding carboxylic acids is 2. The van der Waals surface area contributed by atoms with Gasteiger partial charge < -0.3 is 10.1 Å². The summed E-state index contributed by atoms with van der Waals surface area (Å²) in [5, 5.41) is 3.17. The van der Waals surface area contributed by atoms with Crippen LogP contribution in [0.5, 0.6) is 0 Å². The summed E-state index contributed by atoms with van der Waals surface area (Å²) in [6, 6.07) is 9.63. The minimum absolute atomic E-state index is 0.0635. The van der Waals surface area contributed by atoms with E-state index in [1.165, 1.54) is 7.11 Å². The predicted molar refractivity (Wildman–Crippen MR) is 82.2 cm³/mol. The lowest BCUT2D eigenvalue weighted by Gasteiger charge is -2.34. The standard InChI is InChI=1S/C17H22N2O3/c1-22-16(21)19-12-6-5-9-14(19)15(20)18-17(10-11-17)13-7-3-2-4-8-13/h2-4,7-8,14H,5-6,9-12H2,1H3,(H,18,20)/t14-/m0/s1. The van der Waals surface area contributed by atoms with Gasteiger partial charge in [0, 0.05) is 6.54 Å². The van der Waals surface area contributed by atoms with Crippen LogP contribution >= 0.6 is 0 Å². The van der Waals surface area contributed by atoms with Crippen molar-refractivity contribution in [1.82, 2.24) is 10.2 Å². The highest BCUT2D eigenvalue weighted by Crippen LogP contribution is 2.45. The zero-order valence-electron chi connectivity index (χ0n) is 12.9. The van der Waals surface area contributed by atoms with Gasteiger partial charge in [0.25, 0.3) is 0 Å². The number of ether oxygens (including phenoxy) is 1. The van der Waals surface area contributed by atoms with Gasteiger partial charge in [0.2, 0.25) is 5.91 Å². The second-order valence-corrected chi connectivity index (χ2v) is 6.11. The number of piperidine rings is 1. The van der Waals surface area contributed by atoms with Gasteiger partial charge >= 0.3 is 6.09 Å². The van der Waals surface area contributed by atoms with Gasteiger partial charge in [-0.1, -0.05) is 30.3 Å². The molecule has 1 N–H and O–H groups in total. The molecule has 2 aliphatic rings. The van der Waals surface area contributed by atoms with Crippen molar-refractivity contribution in [2.24, 2.45) is 0 Å². The molecule has 1 aromatic rings. The summed E-state index contributed by atoms with van der Waals surface area (Å²) in [4.78, 5) is 26.1. The minimum Gasteiger partial charge on any atom is -0.453 e. The van der Waals surface area contributed by atoms with Gasteiger partial charge in [-0.15, -0.1) is 0 Å². The average molecular weight is 302 g/mol. The molecule has 5 nitrogen and oxygen atoms in total. The summed E-state index contributed by atoms with van der Waals surface area (Å²) in [6.07, 6.45) is 4.07. The number of hydrogen-bond acceptors (Lipinski definition) is 3. The maximum absolute atomic E-state index is 12.7. The molecule has 1 aliphatic heterocycles. The van der Waals surface area contributed by atoms with E-state index in [1.807, 2.05) is 30.3 Å².